The van der Waals surface area contributed by atoms with Crippen LogP contribution in [0, 0.1) is 11.3 Å². The van der Waals surface area contributed by atoms with Gasteiger partial charge in [-0.15, -0.1) is 0 Å². The SMILES string of the molecule is N#Cc1cccc(NC(=O)CSc2nc3nc[nH]c3c(=O)[nH]2)c1. The van der Waals surface area contributed by atoms with E-state index in [-0.39, 0.29) is 17.2 Å². The van der Waals surface area contributed by atoms with E-state index in [0.717, 1.165) is 11.8 Å². The minimum Gasteiger partial charge on any atom is -0.339 e. The quantitative estimate of drug-likeness (QED) is 0.489. The third-order valence-corrected chi connectivity index (χ3v) is 3.76. The number of nitriles is 1. The number of H-pyrrole nitrogens is 2. The lowest BCUT2D eigenvalue weighted by atomic mass is 10.2. The summed E-state index contributed by atoms with van der Waals surface area (Å²) < 4.78 is 0. The Labute approximate surface area is 134 Å². The van der Waals surface area contributed by atoms with Crippen LogP contribution in [0.4, 0.5) is 5.69 Å². The number of nitrogens with one attached hydrogen (secondary N) is 3. The maximum absolute atomic E-state index is 11.9. The normalized spacial score (nSPS) is 10.4. The van der Waals surface area contributed by atoms with E-state index in [1.54, 1.807) is 24.3 Å². The van der Waals surface area contributed by atoms with E-state index in [1.807, 2.05) is 6.07 Å². The summed E-state index contributed by atoms with van der Waals surface area (Å²) in [5, 5.41) is 11.8. The molecular formula is C14H10N6O2S. The molecule has 0 bridgehead atoms. The summed E-state index contributed by atoms with van der Waals surface area (Å²) in [6, 6.07) is 8.62. The Kier molecular flexibility index (Phi) is 4.07. The molecule has 0 aliphatic rings. The predicted octanol–water partition coefficient (Wildman–Crippen LogP) is 1.25. The van der Waals surface area contributed by atoms with Crippen LogP contribution in [0.2, 0.25) is 0 Å². The monoisotopic (exact) mass is 326 g/mol. The molecule has 0 radical (unpaired) electrons. The highest BCUT2D eigenvalue weighted by atomic mass is 32.2. The number of aromatic nitrogens is 4. The summed E-state index contributed by atoms with van der Waals surface area (Å²) in [4.78, 5) is 37.0. The minimum atomic E-state index is -0.336. The average molecular weight is 326 g/mol. The van der Waals surface area contributed by atoms with Gasteiger partial charge in [-0.2, -0.15) is 5.26 Å². The highest BCUT2D eigenvalue weighted by Gasteiger charge is 2.09. The third kappa shape index (κ3) is 3.38. The molecule has 0 atom stereocenters. The second-order valence-electron chi connectivity index (χ2n) is 4.50. The molecule has 0 fully saturated rings. The molecular weight excluding hydrogens is 316 g/mol. The van der Waals surface area contributed by atoms with Crippen LogP contribution in [-0.4, -0.2) is 31.6 Å². The molecule has 23 heavy (non-hydrogen) atoms. The van der Waals surface area contributed by atoms with Crippen LogP contribution in [-0.2, 0) is 4.79 Å². The molecule has 0 saturated carbocycles. The minimum absolute atomic E-state index is 0.0651. The first-order valence-electron chi connectivity index (χ1n) is 6.52. The van der Waals surface area contributed by atoms with Crippen LogP contribution >= 0.6 is 11.8 Å². The van der Waals surface area contributed by atoms with Gasteiger partial charge >= 0.3 is 0 Å². The molecule has 0 saturated heterocycles. The fourth-order valence-corrected chi connectivity index (χ4v) is 2.54. The zero-order valence-corrected chi connectivity index (χ0v) is 12.5. The molecule has 9 heteroatoms. The maximum atomic E-state index is 11.9. The van der Waals surface area contributed by atoms with Crippen LogP contribution in [0.5, 0.6) is 0 Å². The number of amides is 1. The average Bonchev–Trinajstić information content (AvgIpc) is 3.02. The molecule has 2 heterocycles. The maximum Gasteiger partial charge on any atom is 0.277 e. The van der Waals surface area contributed by atoms with E-state index in [1.165, 1.54) is 6.33 Å². The van der Waals surface area contributed by atoms with Gasteiger partial charge in [-0.3, -0.25) is 14.6 Å². The molecule has 8 nitrogen and oxygen atoms in total. The fourth-order valence-electron chi connectivity index (χ4n) is 1.89. The summed E-state index contributed by atoms with van der Waals surface area (Å²) in [5.74, 6) is -0.204. The van der Waals surface area contributed by atoms with Crippen LogP contribution in [0.25, 0.3) is 11.2 Å². The molecule has 0 unspecified atom stereocenters. The van der Waals surface area contributed by atoms with E-state index < -0.39 is 0 Å². The number of hydrogen-bond acceptors (Lipinski definition) is 6. The largest absolute Gasteiger partial charge is 0.339 e. The summed E-state index contributed by atoms with van der Waals surface area (Å²) in [6.45, 7) is 0. The van der Waals surface area contributed by atoms with Crippen molar-refractivity contribution in [1.82, 2.24) is 19.9 Å². The number of benzene rings is 1. The van der Waals surface area contributed by atoms with Crippen molar-refractivity contribution in [3.8, 4) is 6.07 Å². The van der Waals surface area contributed by atoms with Gasteiger partial charge in [0.2, 0.25) is 5.91 Å². The zero-order chi connectivity index (χ0) is 16.2. The molecule has 0 aliphatic carbocycles. The van der Waals surface area contributed by atoms with Crippen molar-refractivity contribution in [2.24, 2.45) is 0 Å². The van der Waals surface area contributed by atoms with Gasteiger partial charge in [-0.25, -0.2) is 9.97 Å². The lowest BCUT2D eigenvalue weighted by Crippen LogP contribution is -2.15. The molecule has 3 rings (SSSR count). The van der Waals surface area contributed by atoms with E-state index in [2.05, 4.69) is 25.3 Å². The van der Waals surface area contributed by atoms with Crippen molar-refractivity contribution >= 4 is 34.5 Å². The van der Waals surface area contributed by atoms with E-state index in [9.17, 15) is 9.59 Å². The van der Waals surface area contributed by atoms with Gasteiger partial charge < -0.3 is 10.3 Å². The highest BCUT2D eigenvalue weighted by molar-refractivity contribution is 7.99. The van der Waals surface area contributed by atoms with Crippen molar-refractivity contribution in [2.45, 2.75) is 5.16 Å². The number of carbonyl (C=O) groups excluding carboxylic acids is 1. The second-order valence-corrected chi connectivity index (χ2v) is 5.47. The van der Waals surface area contributed by atoms with Crippen molar-refractivity contribution in [3.05, 3.63) is 46.5 Å². The molecule has 0 spiro atoms. The Morgan fingerprint density at radius 2 is 2.30 bits per heavy atom. The predicted molar refractivity (Wildman–Crippen MR) is 85.0 cm³/mol. The molecule has 2 aromatic heterocycles. The third-order valence-electron chi connectivity index (χ3n) is 2.89. The number of nitrogens with zero attached hydrogens (tertiary/aromatic N) is 3. The number of aromatic amines is 2. The van der Waals surface area contributed by atoms with Gasteiger partial charge in [0.1, 0.15) is 0 Å². The van der Waals surface area contributed by atoms with Gasteiger partial charge in [0.25, 0.3) is 5.56 Å². The fraction of sp³-hybridized carbons (Fsp3) is 0.0714. The van der Waals surface area contributed by atoms with Gasteiger partial charge in [-0.1, -0.05) is 17.8 Å². The standard InChI is InChI=1S/C14H10N6O2S/c15-5-8-2-1-3-9(4-8)18-10(21)6-23-14-19-12-11(13(22)20-14)16-7-17-12/h1-4,7H,6H2,(H,18,21)(H2,16,17,19,20,22). The van der Waals surface area contributed by atoms with Crippen molar-refractivity contribution in [3.63, 3.8) is 0 Å². The summed E-state index contributed by atoms with van der Waals surface area (Å²) >= 11 is 1.09. The van der Waals surface area contributed by atoms with Gasteiger partial charge in [-0.05, 0) is 18.2 Å². The lowest BCUT2D eigenvalue weighted by molar-refractivity contribution is -0.113. The number of rotatable bonds is 4. The first-order chi connectivity index (χ1) is 11.2. The topological polar surface area (TPSA) is 127 Å². The zero-order valence-electron chi connectivity index (χ0n) is 11.7. The Balaban J connectivity index is 1.66. The molecule has 114 valence electrons. The molecule has 0 aliphatic heterocycles. The number of hydrogen-bond donors (Lipinski definition) is 3. The van der Waals surface area contributed by atoms with Crippen molar-refractivity contribution in [2.75, 3.05) is 11.1 Å². The Bertz CT molecular complexity index is 971. The van der Waals surface area contributed by atoms with E-state index in [0.29, 0.717) is 27.6 Å². The molecule has 1 amide bonds. The number of thioether (sulfide) groups is 1. The van der Waals surface area contributed by atoms with Crippen LogP contribution in [0.15, 0.2) is 40.5 Å². The summed E-state index contributed by atoms with van der Waals surface area (Å²) in [7, 11) is 0. The second kappa shape index (κ2) is 6.33. The van der Waals surface area contributed by atoms with Gasteiger partial charge in [0.15, 0.2) is 16.3 Å². The number of carbonyl (C=O) groups is 1. The van der Waals surface area contributed by atoms with Crippen LogP contribution in [0.1, 0.15) is 5.56 Å². The van der Waals surface area contributed by atoms with E-state index >= 15 is 0 Å². The summed E-state index contributed by atoms with van der Waals surface area (Å²) in [6.07, 6.45) is 1.39. The summed E-state index contributed by atoms with van der Waals surface area (Å²) in [5.41, 5.74) is 1.27. The van der Waals surface area contributed by atoms with Crippen LogP contribution in [0.3, 0.4) is 0 Å². The van der Waals surface area contributed by atoms with Crippen molar-refractivity contribution < 1.29 is 4.79 Å². The van der Waals surface area contributed by atoms with E-state index in [4.69, 9.17) is 5.26 Å². The first kappa shape index (κ1) is 14.8. The Morgan fingerprint density at radius 1 is 1.43 bits per heavy atom. The smallest absolute Gasteiger partial charge is 0.277 e. The highest BCUT2D eigenvalue weighted by Crippen LogP contribution is 2.15. The number of fused-ring (bicyclic) bond motifs is 1. The molecule has 3 aromatic rings. The Morgan fingerprint density at radius 3 is 3.13 bits per heavy atom. The molecule has 1 aromatic carbocycles. The first-order valence-corrected chi connectivity index (χ1v) is 7.50. The van der Waals surface area contributed by atoms with Gasteiger partial charge in [0, 0.05) is 5.69 Å². The number of imidazole rings is 1. The number of anilines is 1. The Hall–Kier alpha value is -3.12. The van der Waals surface area contributed by atoms with Crippen LogP contribution < -0.4 is 10.9 Å². The lowest BCUT2D eigenvalue weighted by Gasteiger charge is -2.05. The molecule has 3 N–H and O–H groups in total. The van der Waals surface area contributed by atoms with Crippen molar-refractivity contribution in [1.29, 1.82) is 5.26 Å². The van der Waals surface area contributed by atoms with Gasteiger partial charge in [0.05, 0.1) is 23.7 Å².